The van der Waals surface area contributed by atoms with Crippen LogP contribution in [-0.4, -0.2) is 122 Å². The summed E-state index contributed by atoms with van der Waals surface area (Å²) in [6.07, 6.45) is -13.2. The number of ether oxygens (including phenoxy) is 11. The van der Waals surface area contributed by atoms with E-state index in [4.69, 9.17) is 52.1 Å². The fourth-order valence-electron chi connectivity index (χ4n) is 4.76. The number of hydrogen-bond acceptors (Lipinski definition) is 19. The van der Waals surface area contributed by atoms with E-state index in [0.717, 1.165) is 55.4 Å². The molecule has 0 aromatic heterocycles. The third-order valence-electron chi connectivity index (χ3n) is 6.24. The van der Waals surface area contributed by atoms with Gasteiger partial charge in [-0.05, 0) is 0 Å². The third kappa shape index (κ3) is 11.4. The van der Waals surface area contributed by atoms with Crippen molar-refractivity contribution in [2.45, 2.75) is 110 Å². The van der Waals surface area contributed by atoms with Gasteiger partial charge in [-0.15, -0.1) is 0 Å². The molecule has 47 heavy (non-hydrogen) atoms. The van der Waals surface area contributed by atoms with E-state index in [2.05, 4.69) is 0 Å². The van der Waals surface area contributed by atoms with Gasteiger partial charge in [0.2, 0.25) is 12.1 Å². The Morgan fingerprint density at radius 3 is 1.38 bits per heavy atom. The Bertz CT molecular complexity index is 1210. The smallest absolute Gasteiger partial charge is 0.303 e. The number of hydrogen-bond donors (Lipinski definition) is 0. The molecule has 19 heteroatoms. The zero-order chi connectivity index (χ0) is 35.6. The Hall–Kier alpha value is -4.36. The minimum Gasteiger partial charge on any atom is -0.463 e. The van der Waals surface area contributed by atoms with E-state index in [1.165, 1.54) is 0 Å². The van der Waals surface area contributed by atoms with Gasteiger partial charge in [-0.25, -0.2) is 0 Å². The van der Waals surface area contributed by atoms with Gasteiger partial charge in [-0.1, -0.05) is 0 Å². The maximum absolute atomic E-state index is 12.3. The lowest BCUT2D eigenvalue weighted by Crippen LogP contribution is -2.65. The van der Waals surface area contributed by atoms with Gasteiger partial charge in [0.15, 0.2) is 30.5 Å². The zero-order valence-corrected chi connectivity index (χ0v) is 27.0. The predicted octanol–water partition coefficient (Wildman–Crippen LogP) is -0.829. The van der Waals surface area contributed by atoms with Gasteiger partial charge in [-0.2, -0.15) is 0 Å². The van der Waals surface area contributed by atoms with E-state index in [-0.39, 0.29) is 0 Å². The Kier molecular flexibility index (Phi) is 14.0. The summed E-state index contributed by atoms with van der Waals surface area (Å²) in [6.45, 7) is 6.12. The van der Waals surface area contributed by atoms with Crippen LogP contribution >= 0.6 is 0 Å². The zero-order valence-electron chi connectivity index (χ0n) is 27.0. The Morgan fingerprint density at radius 1 is 0.489 bits per heavy atom. The minimum atomic E-state index is -2.48. The maximum Gasteiger partial charge on any atom is 0.303 e. The average molecular weight is 679 g/mol. The Morgan fingerprint density at radius 2 is 0.915 bits per heavy atom. The summed E-state index contributed by atoms with van der Waals surface area (Å²) < 4.78 is 60.5. The Labute approximate surface area is 268 Å². The van der Waals surface area contributed by atoms with E-state index in [9.17, 15) is 38.4 Å². The molecular weight excluding hydrogens is 640 g/mol. The molecule has 0 bridgehead atoms. The molecule has 19 nitrogen and oxygen atoms in total. The first-order valence-corrected chi connectivity index (χ1v) is 14.1. The highest BCUT2D eigenvalue weighted by Gasteiger charge is 2.65. The first-order chi connectivity index (χ1) is 21.8. The van der Waals surface area contributed by atoms with Crippen LogP contribution in [0.4, 0.5) is 0 Å². The fourth-order valence-corrected chi connectivity index (χ4v) is 4.76. The molecule has 2 fully saturated rings. The van der Waals surface area contributed by atoms with Crippen molar-refractivity contribution in [3.05, 3.63) is 0 Å². The highest BCUT2D eigenvalue weighted by molar-refractivity contribution is 5.69. The van der Waals surface area contributed by atoms with E-state index < -0.39 is 122 Å². The van der Waals surface area contributed by atoms with Crippen LogP contribution in [0.1, 0.15) is 55.4 Å². The van der Waals surface area contributed by atoms with Crippen molar-refractivity contribution in [3.63, 3.8) is 0 Å². The molecule has 0 aromatic carbocycles. The van der Waals surface area contributed by atoms with Gasteiger partial charge in [0.1, 0.15) is 32.0 Å². The molecule has 9 atom stereocenters. The van der Waals surface area contributed by atoms with Gasteiger partial charge in [0.05, 0.1) is 0 Å². The van der Waals surface area contributed by atoms with E-state index in [1.807, 2.05) is 0 Å². The van der Waals surface area contributed by atoms with Crippen molar-refractivity contribution < 1.29 is 90.5 Å². The number of carbonyl (C=O) groups excluding carboxylic acids is 8. The summed E-state index contributed by atoms with van der Waals surface area (Å²) in [6, 6.07) is 0. The number of esters is 8. The van der Waals surface area contributed by atoms with E-state index >= 15 is 0 Å². The summed E-state index contributed by atoms with van der Waals surface area (Å²) >= 11 is 0. The molecule has 264 valence electrons. The molecule has 2 heterocycles. The monoisotopic (exact) mass is 678 g/mol. The van der Waals surface area contributed by atoms with Crippen molar-refractivity contribution >= 4 is 47.8 Å². The first kappa shape index (κ1) is 38.8. The van der Waals surface area contributed by atoms with Crippen LogP contribution in [0.25, 0.3) is 0 Å². The second-order valence-electron chi connectivity index (χ2n) is 10.3. The topological polar surface area (TPSA) is 238 Å². The molecule has 2 aliphatic heterocycles. The molecule has 0 N–H and O–H groups in total. The normalized spacial score (nSPS) is 29.8. The Balaban J connectivity index is 2.78. The molecular formula is C28H38O19. The standard InChI is InChI=1S/C28H38O19/c1-12(29)37-9-20-22(40-15(4)32)24(42-17(6)34)25(43-18(7)35)27(45-20)47-28(11-39-14(3)31)26(44-19(8)36)23(41-16(5)33)21(46-28)10-38-13(2)30/h20-27H,9-11H2,1-8H3/t20-,21+,22+,23-,24+,25+,26-,27+,28-/m1/s1. The molecule has 2 rings (SSSR count). The van der Waals surface area contributed by atoms with Gasteiger partial charge in [0.25, 0.3) is 0 Å². The van der Waals surface area contributed by atoms with Crippen molar-refractivity contribution in [2.24, 2.45) is 0 Å². The molecule has 2 aliphatic rings. The molecule has 0 radical (unpaired) electrons. The number of rotatable bonds is 13. The molecule has 0 unspecified atom stereocenters. The summed E-state index contributed by atoms with van der Waals surface area (Å²) in [5.41, 5.74) is 0. The van der Waals surface area contributed by atoms with E-state index in [0.29, 0.717) is 0 Å². The van der Waals surface area contributed by atoms with Gasteiger partial charge < -0.3 is 52.1 Å². The highest BCUT2D eigenvalue weighted by atomic mass is 16.8. The molecule has 0 saturated carbocycles. The summed E-state index contributed by atoms with van der Waals surface area (Å²) in [5.74, 6) is -9.54. The lowest BCUT2D eigenvalue weighted by Gasteiger charge is -2.46. The summed E-state index contributed by atoms with van der Waals surface area (Å²) in [5, 5.41) is 0. The largest absolute Gasteiger partial charge is 0.463 e. The van der Waals surface area contributed by atoms with Crippen LogP contribution in [0.3, 0.4) is 0 Å². The molecule has 0 aliphatic carbocycles. The van der Waals surface area contributed by atoms with Gasteiger partial charge in [0, 0.05) is 55.4 Å². The fraction of sp³-hybridized carbons (Fsp3) is 0.714. The molecule has 0 spiro atoms. The van der Waals surface area contributed by atoms with Crippen LogP contribution in [-0.2, 0) is 90.5 Å². The van der Waals surface area contributed by atoms with Crippen LogP contribution in [0.5, 0.6) is 0 Å². The second kappa shape index (κ2) is 17.0. The first-order valence-electron chi connectivity index (χ1n) is 14.1. The van der Waals surface area contributed by atoms with Crippen LogP contribution in [0, 0.1) is 0 Å². The lowest BCUT2D eigenvalue weighted by atomic mass is 9.97. The maximum atomic E-state index is 12.3. The molecule has 2 saturated heterocycles. The molecule has 0 aromatic rings. The van der Waals surface area contributed by atoms with Crippen molar-refractivity contribution in [1.29, 1.82) is 0 Å². The van der Waals surface area contributed by atoms with Gasteiger partial charge >= 0.3 is 47.8 Å². The molecule has 0 amide bonds. The summed E-state index contributed by atoms with van der Waals surface area (Å²) in [4.78, 5) is 96.4. The van der Waals surface area contributed by atoms with Crippen molar-refractivity contribution in [2.75, 3.05) is 19.8 Å². The van der Waals surface area contributed by atoms with Crippen molar-refractivity contribution in [1.82, 2.24) is 0 Å². The quantitative estimate of drug-likeness (QED) is 0.171. The van der Waals surface area contributed by atoms with Gasteiger partial charge in [-0.3, -0.25) is 38.4 Å². The SMILES string of the molecule is CC(=O)OC[C@@H]1O[C@](COC(C)=O)(O[C@@H]2O[C@H](COC(C)=O)[C@H](OC(C)=O)[C@H](OC(C)=O)[C@@H]2OC(C)=O)[C@H](OC(C)=O)[C@@H]1OC(C)=O. The highest BCUT2D eigenvalue weighted by Crippen LogP contribution is 2.41. The van der Waals surface area contributed by atoms with Crippen LogP contribution < -0.4 is 0 Å². The van der Waals surface area contributed by atoms with Crippen LogP contribution in [0.2, 0.25) is 0 Å². The van der Waals surface area contributed by atoms with Crippen LogP contribution in [0.15, 0.2) is 0 Å². The van der Waals surface area contributed by atoms with Crippen molar-refractivity contribution in [3.8, 4) is 0 Å². The minimum absolute atomic E-state index is 0.588. The average Bonchev–Trinajstić information content (AvgIpc) is 3.18. The van der Waals surface area contributed by atoms with E-state index in [1.54, 1.807) is 0 Å². The second-order valence-corrected chi connectivity index (χ2v) is 10.3. The third-order valence-corrected chi connectivity index (χ3v) is 6.24. The predicted molar refractivity (Wildman–Crippen MR) is 145 cm³/mol. The number of carbonyl (C=O) groups is 8. The summed E-state index contributed by atoms with van der Waals surface area (Å²) in [7, 11) is 0. The lowest BCUT2D eigenvalue weighted by molar-refractivity contribution is -0.384.